The summed E-state index contributed by atoms with van der Waals surface area (Å²) in [7, 11) is 0. The molecule has 15 nitrogen and oxygen atoms in total. The maximum atomic E-state index is 12.8. The van der Waals surface area contributed by atoms with Crippen LogP contribution in [0.3, 0.4) is 0 Å². The quantitative estimate of drug-likeness (QED) is 0.0888. The lowest BCUT2D eigenvalue weighted by atomic mass is 10.0. The van der Waals surface area contributed by atoms with Gasteiger partial charge >= 0.3 is 11.9 Å². The van der Waals surface area contributed by atoms with Crippen molar-refractivity contribution in [3.8, 4) is 0 Å². The number of aliphatic hydroxyl groups excluding tert-OH is 1. The fourth-order valence-corrected chi connectivity index (χ4v) is 2.73. The number of aliphatic hydroxyl groups is 1. The Morgan fingerprint density at radius 3 is 1.76 bits per heavy atom. The highest BCUT2D eigenvalue weighted by Gasteiger charge is 2.31. The maximum Gasteiger partial charge on any atom is 0.326 e. The number of nitrogens with one attached hydrogen (secondary N) is 3. The van der Waals surface area contributed by atoms with Gasteiger partial charge in [0.05, 0.1) is 12.5 Å². The van der Waals surface area contributed by atoms with E-state index in [-0.39, 0.29) is 6.42 Å². The molecule has 194 valence electrons. The molecule has 5 unspecified atom stereocenters. The van der Waals surface area contributed by atoms with Gasteiger partial charge in [-0.25, -0.2) is 4.79 Å². The van der Waals surface area contributed by atoms with E-state index in [2.05, 4.69) is 10.6 Å². The van der Waals surface area contributed by atoms with Crippen LogP contribution in [-0.4, -0.2) is 87.7 Å². The fraction of sp³-hybridized carbons (Fsp3) is 0.684. The maximum absolute atomic E-state index is 12.8. The number of aliphatic carboxylic acids is 2. The molecule has 0 bridgehead atoms. The van der Waals surface area contributed by atoms with E-state index in [0.717, 1.165) is 0 Å². The molecule has 0 aliphatic rings. The van der Waals surface area contributed by atoms with E-state index in [0.29, 0.717) is 19.4 Å². The number of rotatable bonds is 17. The van der Waals surface area contributed by atoms with Crippen LogP contribution in [0.25, 0.3) is 0 Å². The van der Waals surface area contributed by atoms with E-state index in [1.807, 2.05) is 5.32 Å². The van der Waals surface area contributed by atoms with Gasteiger partial charge in [0.2, 0.25) is 23.6 Å². The van der Waals surface area contributed by atoms with Crippen LogP contribution in [0.15, 0.2) is 0 Å². The van der Waals surface area contributed by atoms with Crippen molar-refractivity contribution in [2.75, 3.05) is 6.54 Å². The van der Waals surface area contributed by atoms with Gasteiger partial charge in [-0.15, -0.1) is 0 Å². The number of carbonyl (C=O) groups excluding carboxylic acids is 4. The standard InChI is InChI=1S/C19H34N6O9/c1-9(26)15(22)18(32)24-10(4-2-3-7-20)16(30)23-11(5-6-14(28)29)17(31)25-12(19(33)34)8-13(21)27/h9-12,15,26H,2-8,20,22H2,1H3,(H2,21,27)(H,23,30)(H,24,32)(H,25,31)(H,28,29)(H,33,34). The van der Waals surface area contributed by atoms with Crippen molar-refractivity contribution in [1.29, 1.82) is 0 Å². The van der Waals surface area contributed by atoms with E-state index in [9.17, 15) is 33.9 Å². The molecule has 0 aromatic carbocycles. The molecule has 5 atom stereocenters. The molecule has 0 aromatic heterocycles. The zero-order valence-electron chi connectivity index (χ0n) is 18.9. The van der Waals surface area contributed by atoms with Gasteiger partial charge in [-0.1, -0.05) is 0 Å². The first-order valence-corrected chi connectivity index (χ1v) is 10.6. The summed E-state index contributed by atoms with van der Waals surface area (Å²) >= 11 is 0. The van der Waals surface area contributed by atoms with E-state index in [4.69, 9.17) is 27.4 Å². The Hall–Kier alpha value is -3.30. The third-order valence-electron chi connectivity index (χ3n) is 4.70. The molecular weight excluding hydrogens is 456 g/mol. The number of carbonyl (C=O) groups is 6. The number of hydrogen-bond acceptors (Lipinski definition) is 9. The highest BCUT2D eigenvalue weighted by Crippen LogP contribution is 2.06. The Balaban J connectivity index is 5.60. The molecule has 15 heteroatoms. The molecule has 0 saturated heterocycles. The molecule has 12 N–H and O–H groups in total. The van der Waals surface area contributed by atoms with Crippen molar-refractivity contribution in [2.24, 2.45) is 17.2 Å². The second-order valence-corrected chi connectivity index (χ2v) is 7.68. The van der Waals surface area contributed by atoms with Gasteiger partial charge in [-0.05, 0) is 39.2 Å². The predicted molar refractivity (Wildman–Crippen MR) is 117 cm³/mol. The summed E-state index contributed by atoms with van der Waals surface area (Å²) in [4.78, 5) is 71.0. The Kier molecular flexibility index (Phi) is 14.0. The lowest BCUT2D eigenvalue weighted by Gasteiger charge is -2.25. The number of carboxylic acids is 2. The summed E-state index contributed by atoms with van der Waals surface area (Å²) in [5, 5.41) is 34.3. The van der Waals surface area contributed by atoms with Gasteiger partial charge in [0.25, 0.3) is 0 Å². The summed E-state index contributed by atoms with van der Waals surface area (Å²) < 4.78 is 0. The number of carboxylic acid groups (broad SMARTS) is 2. The number of primary amides is 1. The fourth-order valence-electron chi connectivity index (χ4n) is 2.73. The monoisotopic (exact) mass is 490 g/mol. The Bertz CT molecular complexity index is 746. The second-order valence-electron chi connectivity index (χ2n) is 7.68. The van der Waals surface area contributed by atoms with Crippen molar-refractivity contribution in [3.05, 3.63) is 0 Å². The van der Waals surface area contributed by atoms with Crippen molar-refractivity contribution < 1.29 is 44.1 Å². The Labute approximate surface area is 195 Å². The van der Waals surface area contributed by atoms with Crippen molar-refractivity contribution >= 4 is 35.6 Å². The third kappa shape index (κ3) is 12.1. The highest BCUT2D eigenvalue weighted by atomic mass is 16.4. The largest absolute Gasteiger partial charge is 0.481 e. The molecule has 0 radical (unpaired) electrons. The molecular formula is C19H34N6O9. The van der Waals surface area contributed by atoms with Crippen LogP contribution in [0.1, 0.15) is 45.4 Å². The summed E-state index contributed by atoms with van der Waals surface area (Å²) in [5.41, 5.74) is 16.0. The summed E-state index contributed by atoms with van der Waals surface area (Å²) in [6.07, 6.45) is -1.89. The van der Waals surface area contributed by atoms with Crippen LogP contribution in [0.2, 0.25) is 0 Å². The molecule has 4 amide bonds. The molecule has 0 saturated carbocycles. The molecule has 0 spiro atoms. The van der Waals surface area contributed by atoms with Gasteiger partial charge in [0.15, 0.2) is 0 Å². The van der Waals surface area contributed by atoms with Crippen LogP contribution in [0.4, 0.5) is 0 Å². The van der Waals surface area contributed by atoms with E-state index in [1.165, 1.54) is 6.92 Å². The molecule has 0 fully saturated rings. The lowest BCUT2D eigenvalue weighted by Crippen LogP contribution is -2.58. The van der Waals surface area contributed by atoms with Gasteiger partial charge in [-0.2, -0.15) is 0 Å². The van der Waals surface area contributed by atoms with Crippen molar-refractivity contribution in [2.45, 2.75) is 75.7 Å². The summed E-state index contributed by atoms with van der Waals surface area (Å²) in [5.74, 6) is -6.60. The van der Waals surface area contributed by atoms with Crippen molar-refractivity contribution in [1.82, 2.24) is 16.0 Å². The third-order valence-corrected chi connectivity index (χ3v) is 4.70. The molecule has 0 aliphatic carbocycles. The average molecular weight is 491 g/mol. The zero-order chi connectivity index (χ0) is 26.4. The number of unbranched alkanes of at least 4 members (excludes halogenated alkanes) is 1. The van der Waals surface area contributed by atoms with Crippen LogP contribution >= 0.6 is 0 Å². The van der Waals surface area contributed by atoms with Gasteiger partial charge < -0.3 is 48.5 Å². The molecule has 0 rings (SSSR count). The highest BCUT2D eigenvalue weighted by molar-refractivity contribution is 5.95. The van der Waals surface area contributed by atoms with E-state index >= 15 is 0 Å². The molecule has 0 aliphatic heterocycles. The van der Waals surface area contributed by atoms with E-state index in [1.54, 1.807) is 0 Å². The minimum atomic E-state index is -1.70. The smallest absolute Gasteiger partial charge is 0.326 e. The lowest BCUT2D eigenvalue weighted by molar-refractivity contribution is -0.144. The second kappa shape index (κ2) is 15.5. The van der Waals surface area contributed by atoms with Crippen LogP contribution in [0, 0.1) is 0 Å². The normalized spacial score (nSPS) is 15.2. The van der Waals surface area contributed by atoms with E-state index < -0.39 is 85.1 Å². The van der Waals surface area contributed by atoms with Gasteiger partial charge in [-0.3, -0.25) is 24.0 Å². The first-order chi connectivity index (χ1) is 15.8. The van der Waals surface area contributed by atoms with Crippen LogP contribution in [-0.2, 0) is 28.8 Å². The van der Waals surface area contributed by atoms with Gasteiger partial charge in [0, 0.05) is 6.42 Å². The topological polar surface area (TPSA) is 277 Å². The van der Waals surface area contributed by atoms with Crippen molar-refractivity contribution in [3.63, 3.8) is 0 Å². The number of amides is 4. The molecule has 34 heavy (non-hydrogen) atoms. The van der Waals surface area contributed by atoms with Crippen LogP contribution < -0.4 is 33.2 Å². The van der Waals surface area contributed by atoms with Gasteiger partial charge in [0.1, 0.15) is 24.2 Å². The zero-order valence-corrected chi connectivity index (χ0v) is 18.9. The Morgan fingerprint density at radius 2 is 1.32 bits per heavy atom. The SMILES string of the molecule is CC(O)C(N)C(=O)NC(CCCCN)C(=O)NC(CCC(=O)O)C(=O)NC(CC(N)=O)C(=O)O. The predicted octanol–water partition coefficient (Wildman–Crippen LogP) is -3.90. The average Bonchev–Trinajstić information content (AvgIpc) is 2.73. The minimum absolute atomic E-state index is 0.0913. The molecule has 0 aromatic rings. The minimum Gasteiger partial charge on any atom is -0.481 e. The number of hydrogen-bond donors (Lipinski definition) is 9. The van der Waals surface area contributed by atoms with Crippen LogP contribution in [0.5, 0.6) is 0 Å². The Morgan fingerprint density at radius 1 is 0.824 bits per heavy atom. The summed E-state index contributed by atoms with van der Waals surface area (Å²) in [6.45, 7) is 1.60. The number of nitrogens with two attached hydrogens (primary N) is 3. The first-order valence-electron chi connectivity index (χ1n) is 10.6. The molecule has 0 heterocycles. The summed E-state index contributed by atoms with van der Waals surface area (Å²) in [6, 6.07) is -5.73. The first kappa shape index (κ1) is 30.7.